The van der Waals surface area contributed by atoms with Crippen molar-refractivity contribution in [2.75, 3.05) is 26.2 Å². The highest BCUT2D eigenvalue weighted by Gasteiger charge is 2.25. The molecule has 1 unspecified atom stereocenters. The molecule has 1 aromatic heterocycles. The lowest BCUT2D eigenvalue weighted by Gasteiger charge is -2.31. The molecule has 0 bridgehead atoms. The van der Waals surface area contributed by atoms with Gasteiger partial charge in [0.15, 0.2) is 11.8 Å². The molecule has 3 rings (SSSR count). The van der Waals surface area contributed by atoms with Crippen LogP contribution in [-0.2, 0) is 13.6 Å². The molecular weight excluding hydrogens is 374 g/mol. The second kappa shape index (κ2) is 11.1. The first-order valence-corrected chi connectivity index (χ1v) is 12.1. The zero-order chi connectivity index (χ0) is 21.5. The van der Waals surface area contributed by atoms with Crippen molar-refractivity contribution in [3.63, 3.8) is 0 Å². The summed E-state index contributed by atoms with van der Waals surface area (Å²) in [5.74, 6) is 5.23. The monoisotopic (exact) mass is 417 g/mol. The number of aryl methyl sites for hydroxylation is 1. The van der Waals surface area contributed by atoms with Gasteiger partial charge in [-0.3, -0.25) is 4.90 Å². The number of likely N-dealkylation sites (tertiary alicyclic amines) is 1. The number of rotatable bonds is 8. The van der Waals surface area contributed by atoms with Crippen molar-refractivity contribution in [2.24, 2.45) is 29.8 Å². The van der Waals surface area contributed by atoms with Crippen LogP contribution in [0.3, 0.4) is 0 Å². The molecule has 1 saturated heterocycles. The van der Waals surface area contributed by atoms with Crippen LogP contribution >= 0.6 is 0 Å². The van der Waals surface area contributed by atoms with Gasteiger partial charge < -0.3 is 15.2 Å². The second-order valence-electron chi connectivity index (χ2n) is 9.60. The van der Waals surface area contributed by atoms with Gasteiger partial charge in [-0.1, -0.05) is 20.8 Å². The van der Waals surface area contributed by atoms with Crippen molar-refractivity contribution >= 4 is 5.96 Å². The number of hydrogen-bond donors (Lipinski definition) is 2. The number of aromatic nitrogens is 3. The maximum atomic E-state index is 4.86. The van der Waals surface area contributed by atoms with Gasteiger partial charge in [-0.05, 0) is 76.3 Å². The van der Waals surface area contributed by atoms with Crippen molar-refractivity contribution in [3.8, 4) is 0 Å². The summed E-state index contributed by atoms with van der Waals surface area (Å²) < 4.78 is 2.02. The van der Waals surface area contributed by atoms with E-state index in [1.807, 2.05) is 18.5 Å². The normalized spacial score (nSPS) is 25.8. The van der Waals surface area contributed by atoms with E-state index in [1.54, 1.807) is 0 Å². The predicted molar refractivity (Wildman–Crippen MR) is 123 cm³/mol. The molecule has 2 heterocycles. The molecule has 0 radical (unpaired) electrons. The summed E-state index contributed by atoms with van der Waals surface area (Å²) in [4.78, 5) is 7.43. The highest BCUT2D eigenvalue weighted by molar-refractivity contribution is 5.79. The summed E-state index contributed by atoms with van der Waals surface area (Å²) in [6.45, 7) is 13.8. The topological polar surface area (TPSA) is 70.4 Å². The first kappa shape index (κ1) is 23.0. The molecule has 30 heavy (non-hydrogen) atoms. The Hall–Kier alpha value is -1.63. The molecule has 2 fully saturated rings. The quantitative estimate of drug-likeness (QED) is 0.502. The Morgan fingerprint density at radius 2 is 1.83 bits per heavy atom. The lowest BCUT2D eigenvalue weighted by molar-refractivity contribution is 0.224. The van der Waals surface area contributed by atoms with E-state index < -0.39 is 0 Å². The largest absolute Gasteiger partial charge is 0.356 e. The van der Waals surface area contributed by atoms with Gasteiger partial charge >= 0.3 is 0 Å². The minimum absolute atomic E-state index is 0.551. The van der Waals surface area contributed by atoms with Crippen molar-refractivity contribution < 1.29 is 0 Å². The lowest BCUT2D eigenvalue weighted by Crippen LogP contribution is -2.46. The molecule has 1 aliphatic carbocycles. The van der Waals surface area contributed by atoms with Gasteiger partial charge in [0, 0.05) is 26.2 Å². The fourth-order valence-electron chi connectivity index (χ4n) is 4.97. The van der Waals surface area contributed by atoms with E-state index in [1.165, 1.54) is 45.1 Å². The van der Waals surface area contributed by atoms with Gasteiger partial charge in [-0.2, -0.15) is 0 Å². The minimum Gasteiger partial charge on any atom is -0.356 e. The van der Waals surface area contributed by atoms with Gasteiger partial charge in [0.05, 0.1) is 0 Å². The Morgan fingerprint density at radius 3 is 2.47 bits per heavy atom. The molecule has 2 aliphatic rings. The van der Waals surface area contributed by atoms with Gasteiger partial charge in [0.1, 0.15) is 12.4 Å². The molecule has 1 atom stereocenters. The van der Waals surface area contributed by atoms with E-state index in [4.69, 9.17) is 4.99 Å². The molecule has 7 heteroatoms. The first-order valence-electron chi connectivity index (χ1n) is 12.1. The standard InChI is InChI=1S/C23H43N7/c1-6-30-13-7-8-21(30)15-25-23(26-16-22-28-27-18(4)29(22)5)24-14-19-9-11-20(12-10-19)17(2)3/h17,19-21H,6-16H2,1-5H3,(H2,24,25,26). The van der Waals surface area contributed by atoms with Crippen LogP contribution in [-0.4, -0.2) is 57.8 Å². The van der Waals surface area contributed by atoms with E-state index >= 15 is 0 Å². The number of hydrogen-bond acceptors (Lipinski definition) is 4. The number of guanidine groups is 1. The number of nitrogens with zero attached hydrogens (tertiary/aromatic N) is 5. The Bertz CT molecular complexity index is 673. The van der Waals surface area contributed by atoms with E-state index in [0.717, 1.165) is 55.0 Å². The number of likely N-dealkylation sites (N-methyl/N-ethyl adjacent to an activating group) is 1. The van der Waals surface area contributed by atoms with Crippen LogP contribution in [0.4, 0.5) is 0 Å². The number of nitrogens with one attached hydrogen (secondary N) is 2. The Balaban J connectivity index is 1.56. The SMILES string of the molecule is CCN1CCCC1CNC(=NCc1nnc(C)n1C)NCC1CCC(C(C)C)CC1. The molecule has 0 amide bonds. The highest BCUT2D eigenvalue weighted by atomic mass is 15.3. The van der Waals surface area contributed by atoms with Crippen molar-refractivity contribution in [1.82, 2.24) is 30.3 Å². The minimum atomic E-state index is 0.551. The summed E-state index contributed by atoms with van der Waals surface area (Å²) in [5, 5.41) is 15.7. The highest BCUT2D eigenvalue weighted by Crippen LogP contribution is 2.32. The third-order valence-electron chi connectivity index (χ3n) is 7.36. The van der Waals surface area contributed by atoms with Crippen molar-refractivity contribution in [3.05, 3.63) is 11.6 Å². The second-order valence-corrected chi connectivity index (χ2v) is 9.60. The maximum Gasteiger partial charge on any atom is 0.191 e. The van der Waals surface area contributed by atoms with Crippen LogP contribution in [0.15, 0.2) is 4.99 Å². The average Bonchev–Trinajstić information content (AvgIpc) is 3.34. The van der Waals surface area contributed by atoms with Crippen LogP contribution in [0.25, 0.3) is 0 Å². The van der Waals surface area contributed by atoms with E-state index in [0.29, 0.717) is 12.6 Å². The van der Waals surface area contributed by atoms with Crippen molar-refractivity contribution in [2.45, 2.75) is 78.8 Å². The van der Waals surface area contributed by atoms with E-state index in [9.17, 15) is 0 Å². The fourth-order valence-corrected chi connectivity index (χ4v) is 4.97. The summed E-state index contributed by atoms with van der Waals surface area (Å²) in [7, 11) is 2.01. The fraction of sp³-hybridized carbons (Fsp3) is 0.870. The number of aliphatic imine (C=N–C) groups is 1. The third kappa shape index (κ3) is 6.19. The van der Waals surface area contributed by atoms with Gasteiger partial charge in [0.2, 0.25) is 0 Å². The van der Waals surface area contributed by atoms with Gasteiger partial charge in [-0.25, -0.2) is 4.99 Å². The smallest absolute Gasteiger partial charge is 0.191 e. The van der Waals surface area contributed by atoms with Crippen LogP contribution in [0.1, 0.15) is 70.9 Å². The Morgan fingerprint density at radius 1 is 1.10 bits per heavy atom. The molecule has 1 saturated carbocycles. The van der Waals surface area contributed by atoms with E-state index in [-0.39, 0.29) is 0 Å². The molecule has 0 aromatic carbocycles. The lowest BCUT2D eigenvalue weighted by atomic mass is 9.77. The molecule has 170 valence electrons. The van der Waals surface area contributed by atoms with E-state index in [2.05, 4.69) is 46.5 Å². The Kier molecular flexibility index (Phi) is 8.54. The average molecular weight is 418 g/mol. The zero-order valence-corrected chi connectivity index (χ0v) is 19.8. The predicted octanol–water partition coefficient (Wildman–Crippen LogP) is 3.11. The van der Waals surface area contributed by atoms with Crippen LogP contribution in [0.2, 0.25) is 0 Å². The molecule has 0 spiro atoms. The van der Waals surface area contributed by atoms with Crippen LogP contribution in [0, 0.1) is 24.7 Å². The summed E-state index contributed by atoms with van der Waals surface area (Å²) >= 11 is 0. The molecule has 7 nitrogen and oxygen atoms in total. The zero-order valence-electron chi connectivity index (χ0n) is 19.8. The molecule has 2 N–H and O–H groups in total. The maximum absolute atomic E-state index is 4.86. The molecular formula is C23H43N7. The summed E-state index contributed by atoms with van der Waals surface area (Å²) in [5.41, 5.74) is 0. The molecule has 1 aromatic rings. The van der Waals surface area contributed by atoms with Gasteiger partial charge in [-0.15, -0.1) is 10.2 Å². The molecule has 1 aliphatic heterocycles. The first-order chi connectivity index (χ1) is 14.5. The van der Waals surface area contributed by atoms with Crippen LogP contribution in [0.5, 0.6) is 0 Å². The summed E-state index contributed by atoms with van der Waals surface area (Å²) in [6, 6.07) is 0.612. The third-order valence-corrected chi connectivity index (χ3v) is 7.36. The Labute approximate surface area is 183 Å². The summed E-state index contributed by atoms with van der Waals surface area (Å²) in [6.07, 6.45) is 7.98. The van der Waals surface area contributed by atoms with Crippen LogP contribution < -0.4 is 10.6 Å². The van der Waals surface area contributed by atoms with Gasteiger partial charge in [0.25, 0.3) is 0 Å². The van der Waals surface area contributed by atoms with Crippen molar-refractivity contribution in [1.29, 1.82) is 0 Å².